The molecule has 0 amide bonds. The molecule has 0 saturated carbocycles. The van der Waals surface area contributed by atoms with Crippen LogP contribution in [0.15, 0.2) is 18.2 Å². The lowest BCUT2D eigenvalue weighted by Gasteiger charge is -2.18. The summed E-state index contributed by atoms with van der Waals surface area (Å²) in [5.74, 6) is -2.16. The second kappa shape index (κ2) is 10.2. The van der Waals surface area contributed by atoms with Gasteiger partial charge in [-0.25, -0.2) is 0 Å². The number of Topliss-reactive ketones (excluding diaryl/α,β-unsaturated/α-hetero) is 3. The molecule has 2 rings (SSSR count). The molecule has 1 aliphatic carbocycles. The minimum Gasteiger partial charge on any atom is -0.494 e. The van der Waals surface area contributed by atoms with E-state index in [0.717, 1.165) is 12.8 Å². The fourth-order valence-corrected chi connectivity index (χ4v) is 3.14. The summed E-state index contributed by atoms with van der Waals surface area (Å²) in [5, 5.41) is 9.49. The lowest BCUT2D eigenvalue weighted by molar-refractivity contribution is -0.120. The predicted molar refractivity (Wildman–Crippen MR) is 98.8 cm³/mol. The van der Waals surface area contributed by atoms with Crippen molar-refractivity contribution >= 4 is 17.3 Å². The Labute approximate surface area is 154 Å². The van der Waals surface area contributed by atoms with Gasteiger partial charge in [0.15, 0.2) is 11.9 Å². The smallest absolute Gasteiger partial charge is 0.239 e. The Morgan fingerprint density at radius 2 is 1.46 bits per heavy atom. The molecule has 1 atom stereocenters. The molecule has 1 unspecified atom stereocenters. The third-order valence-electron chi connectivity index (χ3n) is 4.74. The van der Waals surface area contributed by atoms with Crippen molar-refractivity contribution in [3.05, 3.63) is 29.3 Å². The van der Waals surface area contributed by atoms with Crippen molar-refractivity contribution in [3.63, 3.8) is 0 Å². The molecule has 1 N–H and O–H groups in total. The first kappa shape index (κ1) is 20.3. The first-order chi connectivity index (χ1) is 12.6. The highest BCUT2D eigenvalue weighted by Crippen LogP contribution is 2.24. The van der Waals surface area contributed by atoms with Crippen LogP contribution in [-0.4, -0.2) is 35.2 Å². The lowest BCUT2D eigenvalue weighted by atomic mass is 9.86. The molecule has 0 fully saturated rings. The van der Waals surface area contributed by atoms with E-state index < -0.39 is 23.5 Å². The summed E-state index contributed by atoms with van der Waals surface area (Å²) < 4.78 is 5.64. The summed E-state index contributed by atoms with van der Waals surface area (Å²) in [6.45, 7) is 2.75. The highest BCUT2D eigenvalue weighted by Gasteiger charge is 2.39. The van der Waals surface area contributed by atoms with Gasteiger partial charge in [-0.05, 0) is 24.6 Å². The standard InChI is InChI=1S/C21H28O5/c1-2-3-4-5-6-7-8-9-10-13-26-15-11-12-16-17(14-15)19(23)21(25)20(24)18(16)22/h11-12,14,20,24H,2-10,13H2,1H3. The van der Waals surface area contributed by atoms with E-state index in [-0.39, 0.29) is 11.1 Å². The average molecular weight is 360 g/mol. The Bertz CT molecular complexity index is 650. The Balaban J connectivity index is 1.72. The molecular formula is C21H28O5. The number of carbonyl (C=O) groups excluding carboxylic acids is 3. The molecule has 26 heavy (non-hydrogen) atoms. The number of ether oxygens (including phenoxy) is 1. The Morgan fingerprint density at radius 1 is 0.846 bits per heavy atom. The summed E-state index contributed by atoms with van der Waals surface area (Å²) >= 11 is 0. The van der Waals surface area contributed by atoms with Crippen molar-refractivity contribution in [3.8, 4) is 5.75 Å². The van der Waals surface area contributed by atoms with Crippen molar-refractivity contribution in [2.45, 2.75) is 70.8 Å². The first-order valence-electron chi connectivity index (χ1n) is 9.64. The van der Waals surface area contributed by atoms with Gasteiger partial charge in [0.2, 0.25) is 11.6 Å². The highest BCUT2D eigenvalue weighted by molar-refractivity contribution is 6.53. The van der Waals surface area contributed by atoms with Crippen molar-refractivity contribution in [1.29, 1.82) is 0 Å². The van der Waals surface area contributed by atoms with Crippen molar-refractivity contribution < 1.29 is 24.2 Å². The topological polar surface area (TPSA) is 80.7 Å². The number of ketones is 3. The van der Waals surface area contributed by atoms with Gasteiger partial charge in [0, 0.05) is 11.1 Å². The molecule has 1 aliphatic rings. The van der Waals surface area contributed by atoms with Gasteiger partial charge in [-0.1, -0.05) is 58.3 Å². The predicted octanol–water partition coefficient (Wildman–Crippen LogP) is 3.91. The molecule has 0 heterocycles. The van der Waals surface area contributed by atoms with Crippen LogP contribution in [0.1, 0.15) is 85.4 Å². The zero-order chi connectivity index (χ0) is 18.9. The number of hydrogen-bond acceptors (Lipinski definition) is 5. The van der Waals surface area contributed by atoms with Gasteiger partial charge in [0.25, 0.3) is 0 Å². The van der Waals surface area contributed by atoms with Crippen molar-refractivity contribution in [2.75, 3.05) is 6.61 Å². The van der Waals surface area contributed by atoms with Crippen LogP contribution in [0.4, 0.5) is 0 Å². The van der Waals surface area contributed by atoms with Gasteiger partial charge in [-0.3, -0.25) is 14.4 Å². The van der Waals surface area contributed by atoms with Gasteiger partial charge < -0.3 is 9.84 Å². The average Bonchev–Trinajstić information content (AvgIpc) is 2.66. The Hall–Kier alpha value is -2.01. The van der Waals surface area contributed by atoms with Gasteiger partial charge in [0.1, 0.15) is 5.75 Å². The number of carbonyl (C=O) groups is 3. The van der Waals surface area contributed by atoms with Crippen LogP contribution in [0.5, 0.6) is 5.75 Å². The van der Waals surface area contributed by atoms with Crippen LogP contribution in [0.25, 0.3) is 0 Å². The van der Waals surface area contributed by atoms with Gasteiger partial charge in [-0.2, -0.15) is 0 Å². The van der Waals surface area contributed by atoms with Crippen LogP contribution >= 0.6 is 0 Å². The monoisotopic (exact) mass is 360 g/mol. The Morgan fingerprint density at radius 3 is 2.12 bits per heavy atom. The number of rotatable bonds is 11. The zero-order valence-electron chi connectivity index (χ0n) is 15.5. The molecule has 0 aromatic heterocycles. The van der Waals surface area contributed by atoms with Crippen molar-refractivity contribution in [1.82, 2.24) is 0 Å². The molecule has 0 radical (unpaired) electrons. The van der Waals surface area contributed by atoms with E-state index in [9.17, 15) is 19.5 Å². The number of aliphatic hydroxyl groups excluding tert-OH is 1. The minimum atomic E-state index is -1.87. The summed E-state index contributed by atoms with van der Waals surface area (Å²) in [4.78, 5) is 35.4. The highest BCUT2D eigenvalue weighted by atomic mass is 16.5. The second-order valence-electron chi connectivity index (χ2n) is 6.84. The molecule has 5 heteroatoms. The van der Waals surface area contributed by atoms with Crippen LogP contribution in [0.2, 0.25) is 0 Å². The van der Waals surface area contributed by atoms with E-state index in [1.54, 1.807) is 6.07 Å². The number of benzene rings is 1. The maximum Gasteiger partial charge on any atom is 0.239 e. The minimum absolute atomic E-state index is 0.0230. The van der Waals surface area contributed by atoms with Gasteiger partial charge in [-0.15, -0.1) is 0 Å². The molecule has 1 aromatic carbocycles. The summed E-state index contributed by atoms with van der Waals surface area (Å²) in [6.07, 6.45) is 9.14. The third kappa shape index (κ3) is 5.24. The molecule has 0 bridgehead atoms. The summed E-state index contributed by atoms with van der Waals surface area (Å²) in [5.41, 5.74) is 0.104. The van der Waals surface area contributed by atoms with Crippen LogP contribution in [0, 0.1) is 0 Å². The van der Waals surface area contributed by atoms with Crippen LogP contribution in [0.3, 0.4) is 0 Å². The molecule has 142 valence electrons. The number of fused-ring (bicyclic) bond motifs is 1. The van der Waals surface area contributed by atoms with E-state index >= 15 is 0 Å². The second-order valence-corrected chi connectivity index (χ2v) is 6.84. The number of hydrogen-bond donors (Lipinski definition) is 1. The molecule has 0 spiro atoms. The van der Waals surface area contributed by atoms with E-state index in [0.29, 0.717) is 12.4 Å². The van der Waals surface area contributed by atoms with Crippen LogP contribution < -0.4 is 4.74 Å². The van der Waals surface area contributed by atoms with Gasteiger partial charge >= 0.3 is 0 Å². The maximum absolute atomic E-state index is 11.9. The molecule has 5 nitrogen and oxygen atoms in total. The molecule has 0 aliphatic heterocycles. The van der Waals surface area contributed by atoms with E-state index in [1.807, 2.05) is 0 Å². The molecular weight excluding hydrogens is 332 g/mol. The maximum atomic E-state index is 11.9. The van der Waals surface area contributed by atoms with E-state index in [1.165, 1.54) is 57.1 Å². The zero-order valence-corrected chi connectivity index (χ0v) is 15.5. The van der Waals surface area contributed by atoms with Crippen molar-refractivity contribution in [2.24, 2.45) is 0 Å². The third-order valence-corrected chi connectivity index (χ3v) is 4.74. The normalized spacial score (nSPS) is 16.7. The summed E-state index contributed by atoms with van der Waals surface area (Å²) in [7, 11) is 0. The fourth-order valence-electron chi connectivity index (χ4n) is 3.14. The summed E-state index contributed by atoms with van der Waals surface area (Å²) in [6, 6.07) is 4.46. The lowest BCUT2D eigenvalue weighted by Crippen LogP contribution is -2.41. The fraction of sp³-hybridized carbons (Fsp3) is 0.571. The number of unbranched alkanes of at least 4 members (excludes halogenated alkanes) is 8. The Kier molecular flexibility index (Phi) is 7.98. The molecule has 0 saturated heterocycles. The van der Waals surface area contributed by atoms with E-state index in [2.05, 4.69) is 6.92 Å². The SMILES string of the molecule is CCCCCCCCCCCOc1ccc2c(c1)C(=O)C(=O)C(O)C2=O. The first-order valence-corrected chi connectivity index (χ1v) is 9.64. The molecule has 1 aromatic rings. The largest absolute Gasteiger partial charge is 0.494 e. The van der Waals surface area contributed by atoms with E-state index in [4.69, 9.17) is 4.74 Å². The van der Waals surface area contributed by atoms with Crippen LogP contribution in [-0.2, 0) is 4.79 Å². The quantitative estimate of drug-likeness (QED) is 0.368. The van der Waals surface area contributed by atoms with Gasteiger partial charge in [0.05, 0.1) is 6.61 Å². The number of aliphatic hydroxyl groups is 1.